The van der Waals surface area contributed by atoms with Crippen LogP contribution in [0.15, 0.2) is 65.6 Å². The van der Waals surface area contributed by atoms with Crippen LogP contribution in [0.1, 0.15) is 20.7 Å². The van der Waals surface area contributed by atoms with E-state index >= 15 is 0 Å². The Kier molecular flexibility index (Phi) is 7.49. The molecule has 0 unspecified atom stereocenters. The van der Waals surface area contributed by atoms with Crippen molar-refractivity contribution < 1.29 is 9.59 Å². The molecule has 1 N–H and O–H groups in total. The number of rotatable bonds is 6. The molecule has 0 radical (unpaired) electrons. The molecule has 0 spiro atoms. The first-order chi connectivity index (χ1) is 13.8. The molecule has 0 saturated carbocycles. The Labute approximate surface area is 192 Å². The average molecular weight is 485 g/mol. The monoisotopic (exact) mass is 483 g/mol. The maximum atomic E-state index is 12.3. The highest BCUT2D eigenvalue weighted by Gasteiger charge is 2.13. The van der Waals surface area contributed by atoms with Gasteiger partial charge >= 0.3 is 0 Å². The Bertz CT molecular complexity index is 1070. The van der Waals surface area contributed by atoms with Crippen molar-refractivity contribution in [3.63, 3.8) is 0 Å². The van der Waals surface area contributed by atoms with Crippen molar-refractivity contribution in [1.29, 1.82) is 0 Å². The molecule has 3 aromatic rings. The highest BCUT2D eigenvalue weighted by Crippen LogP contribution is 2.26. The molecular weight excluding hydrogens is 472 g/mol. The minimum atomic E-state index is -0.334. The van der Waals surface area contributed by atoms with Gasteiger partial charge in [0.25, 0.3) is 5.91 Å². The fourth-order valence-corrected chi connectivity index (χ4v) is 4.24. The summed E-state index contributed by atoms with van der Waals surface area (Å²) >= 11 is 25.2. The van der Waals surface area contributed by atoms with E-state index in [2.05, 4.69) is 5.32 Å². The summed E-state index contributed by atoms with van der Waals surface area (Å²) in [5.74, 6) is -0.195. The minimum absolute atomic E-state index is 0.0913. The van der Waals surface area contributed by atoms with E-state index in [1.807, 2.05) is 12.1 Å². The first-order valence-electron chi connectivity index (χ1n) is 8.31. The lowest BCUT2D eigenvalue weighted by Gasteiger charge is -2.08. The predicted octanol–water partition coefficient (Wildman–Crippen LogP) is 7.53. The molecule has 0 aliphatic carbocycles. The number of thioether (sulfide) groups is 1. The quantitative estimate of drug-likeness (QED) is 0.290. The van der Waals surface area contributed by atoms with Gasteiger partial charge in [0.05, 0.1) is 21.4 Å². The van der Waals surface area contributed by atoms with Crippen molar-refractivity contribution in [3.8, 4) is 0 Å². The largest absolute Gasteiger partial charge is 0.322 e. The first-order valence-corrected chi connectivity index (χ1v) is 10.8. The van der Waals surface area contributed by atoms with Crippen LogP contribution in [0.5, 0.6) is 0 Å². The highest BCUT2D eigenvalue weighted by atomic mass is 35.5. The van der Waals surface area contributed by atoms with Crippen LogP contribution in [-0.2, 0) is 0 Å². The molecule has 0 aliphatic rings. The molecule has 1 amide bonds. The molecule has 0 aliphatic heterocycles. The van der Waals surface area contributed by atoms with Crippen molar-refractivity contribution in [3.05, 3.63) is 91.9 Å². The Morgan fingerprint density at radius 2 is 1.31 bits per heavy atom. The first kappa shape index (κ1) is 22.0. The predicted molar refractivity (Wildman–Crippen MR) is 122 cm³/mol. The number of ketones is 1. The zero-order chi connectivity index (χ0) is 21.0. The summed E-state index contributed by atoms with van der Waals surface area (Å²) < 4.78 is 0. The molecule has 0 aromatic heterocycles. The molecule has 8 heteroatoms. The molecule has 0 bridgehead atoms. The Morgan fingerprint density at radius 3 is 1.86 bits per heavy atom. The van der Waals surface area contributed by atoms with Gasteiger partial charge in [-0.05, 0) is 60.7 Å². The van der Waals surface area contributed by atoms with Crippen LogP contribution in [0.3, 0.4) is 0 Å². The summed E-state index contributed by atoms with van der Waals surface area (Å²) in [7, 11) is 0. The van der Waals surface area contributed by atoms with Gasteiger partial charge in [-0.25, -0.2) is 0 Å². The number of benzene rings is 3. The molecule has 148 valence electrons. The Balaban J connectivity index is 1.60. The van der Waals surface area contributed by atoms with Crippen LogP contribution in [0.4, 0.5) is 5.69 Å². The van der Waals surface area contributed by atoms with Gasteiger partial charge in [0, 0.05) is 26.2 Å². The summed E-state index contributed by atoms with van der Waals surface area (Å²) in [5, 5.41) is 4.33. The van der Waals surface area contributed by atoms with Crippen LogP contribution < -0.4 is 5.32 Å². The second-order valence-electron chi connectivity index (χ2n) is 5.94. The smallest absolute Gasteiger partial charge is 0.257 e. The Hall–Kier alpha value is -1.69. The third kappa shape index (κ3) is 5.91. The molecule has 29 heavy (non-hydrogen) atoms. The van der Waals surface area contributed by atoms with Crippen molar-refractivity contribution in [2.45, 2.75) is 4.90 Å². The number of hydrogen-bond acceptors (Lipinski definition) is 3. The van der Waals surface area contributed by atoms with Gasteiger partial charge in [-0.2, -0.15) is 0 Å². The number of carbonyl (C=O) groups is 2. The van der Waals surface area contributed by atoms with Gasteiger partial charge in [0.2, 0.25) is 0 Å². The second kappa shape index (κ2) is 9.88. The van der Waals surface area contributed by atoms with E-state index in [0.717, 1.165) is 4.90 Å². The molecule has 0 saturated heterocycles. The maximum Gasteiger partial charge on any atom is 0.257 e. The molecule has 3 aromatic carbocycles. The van der Waals surface area contributed by atoms with E-state index < -0.39 is 0 Å². The van der Waals surface area contributed by atoms with Gasteiger partial charge in [0.1, 0.15) is 0 Å². The average Bonchev–Trinajstić information content (AvgIpc) is 2.67. The van der Waals surface area contributed by atoms with Crippen LogP contribution in [0.25, 0.3) is 0 Å². The number of hydrogen-bond donors (Lipinski definition) is 1. The van der Waals surface area contributed by atoms with E-state index in [1.54, 1.807) is 42.5 Å². The van der Waals surface area contributed by atoms with E-state index in [4.69, 9.17) is 46.4 Å². The number of carbonyl (C=O) groups excluding carboxylic acids is 2. The molecule has 3 nitrogen and oxygen atoms in total. The van der Waals surface area contributed by atoms with Gasteiger partial charge in [-0.1, -0.05) is 46.4 Å². The zero-order valence-corrected chi connectivity index (χ0v) is 18.6. The molecular formula is C21H13Cl4NO2S. The topological polar surface area (TPSA) is 46.2 Å². The third-order valence-electron chi connectivity index (χ3n) is 3.89. The van der Waals surface area contributed by atoms with E-state index in [9.17, 15) is 9.59 Å². The van der Waals surface area contributed by atoms with Crippen molar-refractivity contribution in [2.24, 2.45) is 0 Å². The Morgan fingerprint density at radius 1 is 0.759 bits per heavy atom. The summed E-state index contributed by atoms with van der Waals surface area (Å²) in [5.41, 5.74) is 1.38. The summed E-state index contributed by atoms with van der Waals surface area (Å²) in [6.07, 6.45) is 0. The standard InChI is InChI=1S/C21H13Cl4NO2S/c22-12-1-7-16(18(24)9-12)20(27)11-29-15-5-3-14(4-6-15)26-21(28)17-8-2-13(23)10-19(17)25/h1-10H,11H2,(H,26,28). The van der Waals surface area contributed by atoms with Crippen LogP contribution >= 0.6 is 58.2 Å². The van der Waals surface area contributed by atoms with Crippen LogP contribution in [-0.4, -0.2) is 17.4 Å². The number of amides is 1. The van der Waals surface area contributed by atoms with Crippen molar-refractivity contribution >= 4 is 75.5 Å². The SMILES string of the molecule is O=C(CSc1ccc(NC(=O)c2ccc(Cl)cc2Cl)cc1)c1ccc(Cl)cc1Cl. The van der Waals surface area contributed by atoms with Gasteiger partial charge < -0.3 is 5.32 Å². The van der Waals surface area contributed by atoms with Gasteiger partial charge in [-0.15, -0.1) is 11.8 Å². The van der Waals surface area contributed by atoms with Crippen molar-refractivity contribution in [1.82, 2.24) is 0 Å². The van der Waals surface area contributed by atoms with Gasteiger partial charge in [0.15, 0.2) is 5.78 Å². The van der Waals surface area contributed by atoms with Crippen LogP contribution in [0, 0.1) is 0 Å². The maximum absolute atomic E-state index is 12.3. The van der Waals surface area contributed by atoms with E-state index in [1.165, 1.54) is 17.8 Å². The normalized spacial score (nSPS) is 10.6. The number of Topliss-reactive ketones (excluding diaryl/α,β-unsaturated/α-hetero) is 1. The summed E-state index contributed by atoms with van der Waals surface area (Å²) in [6.45, 7) is 0. The van der Waals surface area contributed by atoms with E-state index in [0.29, 0.717) is 31.9 Å². The summed E-state index contributed by atoms with van der Waals surface area (Å²) in [6, 6.07) is 16.6. The second-order valence-corrected chi connectivity index (χ2v) is 8.67. The number of halogens is 4. The number of anilines is 1. The van der Waals surface area contributed by atoms with E-state index in [-0.39, 0.29) is 22.5 Å². The molecule has 0 atom stereocenters. The molecule has 0 fully saturated rings. The zero-order valence-electron chi connectivity index (χ0n) is 14.7. The lowest BCUT2D eigenvalue weighted by atomic mass is 10.1. The third-order valence-corrected chi connectivity index (χ3v) is 6.00. The number of nitrogens with one attached hydrogen (secondary N) is 1. The fraction of sp³-hybridized carbons (Fsp3) is 0.0476. The van der Waals surface area contributed by atoms with Gasteiger partial charge in [-0.3, -0.25) is 9.59 Å². The van der Waals surface area contributed by atoms with Crippen LogP contribution in [0.2, 0.25) is 20.1 Å². The minimum Gasteiger partial charge on any atom is -0.322 e. The lowest BCUT2D eigenvalue weighted by Crippen LogP contribution is -2.12. The highest BCUT2D eigenvalue weighted by molar-refractivity contribution is 8.00. The fourth-order valence-electron chi connectivity index (χ4n) is 2.45. The molecule has 0 heterocycles. The summed E-state index contributed by atoms with van der Waals surface area (Å²) in [4.78, 5) is 25.6. The lowest BCUT2D eigenvalue weighted by molar-refractivity contribution is 0.101. The van der Waals surface area contributed by atoms with Crippen molar-refractivity contribution in [2.75, 3.05) is 11.1 Å². The molecule has 3 rings (SSSR count).